The highest BCUT2D eigenvalue weighted by molar-refractivity contribution is 5.67. The van der Waals surface area contributed by atoms with Gasteiger partial charge in [-0.15, -0.1) is 6.58 Å². The van der Waals surface area contributed by atoms with Gasteiger partial charge in [-0.05, 0) is 24.8 Å². The first-order valence-corrected chi connectivity index (χ1v) is 6.38. The Morgan fingerprint density at radius 1 is 1.22 bits per heavy atom. The van der Waals surface area contributed by atoms with Gasteiger partial charge in [-0.1, -0.05) is 42.8 Å². The standard InChI is InChI=1S/C15H21NO2/c1-2-3-4-5-9-12-16-15(17)18-13-14-10-7-6-8-11-14/h2,6-8,10-11H,1,3-5,9,12-13H2,(H,16,17). The minimum atomic E-state index is -0.345. The fourth-order valence-electron chi connectivity index (χ4n) is 1.56. The molecule has 1 N–H and O–H groups in total. The van der Waals surface area contributed by atoms with E-state index in [1.807, 2.05) is 36.4 Å². The molecular formula is C15H21NO2. The van der Waals surface area contributed by atoms with Crippen molar-refractivity contribution in [3.63, 3.8) is 0 Å². The second-order valence-corrected chi connectivity index (χ2v) is 4.13. The maximum Gasteiger partial charge on any atom is 0.407 e. The number of allylic oxidation sites excluding steroid dienone is 1. The molecule has 98 valence electrons. The second kappa shape index (κ2) is 9.28. The number of hydrogen-bond donors (Lipinski definition) is 1. The minimum Gasteiger partial charge on any atom is -0.445 e. The molecule has 0 atom stereocenters. The summed E-state index contributed by atoms with van der Waals surface area (Å²) >= 11 is 0. The first-order chi connectivity index (χ1) is 8.83. The number of carbonyl (C=O) groups is 1. The van der Waals surface area contributed by atoms with Gasteiger partial charge in [-0.3, -0.25) is 0 Å². The molecule has 0 aliphatic carbocycles. The van der Waals surface area contributed by atoms with Crippen LogP contribution < -0.4 is 5.32 Å². The summed E-state index contributed by atoms with van der Waals surface area (Å²) < 4.78 is 5.09. The number of nitrogens with one attached hydrogen (secondary N) is 1. The van der Waals surface area contributed by atoms with Gasteiger partial charge < -0.3 is 10.1 Å². The van der Waals surface area contributed by atoms with Crippen molar-refractivity contribution in [1.29, 1.82) is 0 Å². The first-order valence-electron chi connectivity index (χ1n) is 6.38. The first kappa shape index (κ1) is 14.3. The van der Waals surface area contributed by atoms with E-state index in [4.69, 9.17) is 4.74 Å². The van der Waals surface area contributed by atoms with Gasteiger partial charge in [0.2, 0.25) is 0 Å². The summed E-state index contributed by atoms with van der Waals surface area (Å²) in [7, 11) is 0. The Balaban J connectivity index is 2.02. The predicted octanol–water partition coefficient (Wildman–Crippen LogP) is 3.66. The number of amides is 1. The number of ether oxygens (including phenoxy) is 1. The Hall–Kier alpha value is -1.77. The molecule has 0 saturated heterocycles. The molecule has 1 aromatic rings. The SMILES string of the molecule is C=CCCCCCNC(=O)OCc1ccccc1. The Bertz CT molecular complexity index is 349. The Morgan fingerprint density at radius 2 is 2.00 bits per heavy atom. The van der Waals surface area contributed by atoms with Gasteiger partial charge in [0, 0.05) is 6.54 Å². The van der Waals surface area contributed by atoms with Crippen LogP contribution in [0.4, 0.5) is 4.79 Å². The van der Waals surface area contributed by atoms with Crippen LogP contribution in [0.1, 0.15) is 31.2 Å². The molecular weight excluding hydrogens is 226 g/mol. The summed E-state index contributed by atoms with van der Waals surface area (Å²) in [5.41, 5.74) is 0.999. The summed E-state index contributed by atoms with van der Waals surface area (Å²) in [5, 5.41) is 2.74. The second-order valence-electron chi connectivity index (χ2n) is 4.13. The normalized spacial score (nSPS) is 9.78. The maximum atomic E-state index is 11.4. The fraction of sp³-hybridized carbons (Fsp3) is 0.400. The molecule has 3 nitrogen and oxygen atoms in total. The smallest absolute Gasteiger partial charge is 0.407 e. The van der Waals surface area contributed by atoms with Gasteiger partial charge in [-0.2, -0.15) is 0 Å². The van der Waals surface area contributed by atoms with E-state index >= 15 is 0 Å². The van der Waals surface area contributed by atoms with Crippen LogP contribution in [-0.4, -0.2) is 12.6 Å². The van der Waals surface area contributed by atoms with E-state index in [2.05, 4.69) is 11.9 Å². The van der Waals surface area contributed by atoms with Crippen LogP contribution in [0, 0.1) is 0 Å². The Labute approximate surface area is 109 Å². The Morgan fingerprint density at radius 3 is 2.72 bits per heavy atom. The number of carbonyl (C=O) groups excluding carboxylic acids is 1. The average Bonchev–Trinajstić information content (AvgIpc) is 2.41. The van der Waals surface area contributed by atoms with Crippen molar-refractivity contribution in [2.24, 2.45) is 0 Å². The van der Waals surface area contributed by atoms with Gasteiger partial charge in [0.05, 0.1) is 0 Å². The molecule has 0 heterocycles. The van der Waals surface area contributed by atoms with Gasteiger partial charge in [0.15, 0.2) is 0 Å². The zero-order chi connectivity index (χ0) is 13.1. The summed E-state index contributed by atoms with van der Waals surface area (Å²) in [5.74, 6) is 0. The van der Waals surface area contributed by atoms with E-state index in [1.54, 1.807) is 0 Å². The van der Waals surface area contributed by atoms with Crippen LogP contribution in [0.3, 0.4) is 0 Å². The highest BCUT2D eigenvalue weighted by atomic mass is 16.5. The van der Waals surface area contributed by atoms with Crippen LogP contribution in [-0.2, 0) is 11.3 Å². The molecule has 0 saturated carbocycles. The highest BCUT2D eigenvalue weighted by Crippen LogP contribution is 2.01. The molecule has 3 heteroatoms. The number of benzene rings is 1. The zero-order valence-corrected chi connectivity index (χ0v) is 10.7. The third-order valence-electron chi connectivity index (χ3n) is 2.57. The number of unbranched alkanes of at least 4 members (excludes halogenated alkanes) is 3. The molecule has 0 aliphatic rings. The number of hydrogen-bond acceptors (Lipinski definition) is 2. The van der Waals surface area contributed by atoms with Crippen LogP contribution in [0.5, 0.6) is 0 Å². The maximum absolute atomic E-state index is 11.4. The number of alkyl carbamates (subject to hydrolysis) is 1. The molecule has 0 aromatic heterocycles. The largest absolute Gasteiger partial charge is 0.445 e. The van der Waals surface area contributed by atoms with E-state index in [0.717, 1.165) is 31.2 Å². The van der Waals surface area contributed by atoms with Gasteiger partial charge in [-0.25, -0.2) is 4.79 Å². The third-order valence-corrected chi connectivity index (χ3v) is 2.57. The van der Waals surface area contributed by atoms with Crippen molar-refractivity contribution >= 4 is 6.09 Å². The van der Waals surface area contributed by atoms with Crippen molar-refractivity contribution in [2.45, 2.75) is 32.3 Å². The lowest BCUT2D eigenvalue weighted by atomic mass is 10.2. The van der Waals surface area contributed by atoms with Crippen molar-refractivity contribution in [3.8, 4) is 0 Å². The lowest BCUT2D eigenvalue weighted by Gasteiger charge is -2.06. The molecule has 0 radical (unpaired) electrons. The van der Waals surface area contributed by atoms with Crippen LogP contribution in [0.25, 0.3) is 0 Å². The minimum absolute atomic E-state index is 0.323. The molecule has 1 aromatic carbocycles. The average molecular weight is 247 g/mol. The predicted molar refractivity (Wildman–Crippen MR) is 73.3 cm³/mol. The lowest BCUT2D eigenvalue weighted by molar-refractivity contribution is 0.139. The fourth-order valence-corrected chi connectivity index (χ4v) is 1.56. The summed E-state index contributed by atoms with van der Waals surface area (Å²) in [4.78, 5) is 11.4. The highest BCUT2D eigenvalue weighted by Gasteiger charge is 2.01. The van der Waals surface area contributed by atoms with Crippen molar-refractivity contribution in [2.75, 3.05) is 6.54 Å². The molecule has 0 spiro atoms. The van der Waals surface area contributed by atoms with Gasteiger partial charge in [0.1, 0.15) is 6.61 Å². The molecule has 18 heavy (non-hydrogen) atoms. The Kier molecular flexibility index (Phi) is 7.37. The molecule has 1 amide bonds. The van der Waals surface area contributed by atoms with Gasteiger partial charge >= 0.3 is 6.09 Å². The van der Waals surface area contributed by atoms with E-state index in [-0.39, 0.29) is 6.09 Å². The van der Waals surface area contributed by atoms with Crippen molar-refractivity contribution < 1.29 is 9.53 Å². The molecule has 0 bridgehead atoms. The number of rotatable bonds is 8. The van der Waals surface area contributed by atoms with Crippen LogP contribution in [0.2, 0.25) is 0 Å². The van der Waals surface area contributed by atoms with E-state index in [0.29, 0.717) is 13.2 Å². The van der Waals surface area contributed by atoms with Crippen molar-refractivity contribution in [3.05, 3.63) is 48.6 Å². The summed E-state index contributed by atoms with van der Waals surface area (Å²) in [6.45, 7) is 4.66. The molecule has 0 fully saturated rings. The quantitative estimate of drug-likeness (QED) is 0.562. The molecule has 0 aliphatic heterocycles. The van der Waals surface area contributed by atoms with Crippen molar-refractivity contribution in [1.82, 2.24) is 5.32 Å². The molecule has 0 unspecified atom stereocenters. The van der Waals surface area contributed by atoms with E-state index < -0.39 is 0 Å². The van der Waals surface area contributed by atoms with E-state index in [1.165, 1.54) is 0 Å². The van der Waals surface area contributed by atoms with Crippen LogP contribution >= 0.6 is 0 Å². The monoisotopic (exact) mass is 247 g/mol. The topological polar surface area (TPSA) is 38.3 Å². The summed E-state index contributed by atoms with van der Waals surface area (Å²) in [6, 6.07) is 9.66. The summed E-state index contributed by atoms with van der Waals surface area (Å²) in [6.07, 6.45) is 5.83. The lowest BCUT2D eigenvalue weighted by Crippen LogP contribution is -2.25. The third kappa shape index (κ3) is 6.74. The zero-order valence-electron chi connectivity index (χ0n) is 10.7. The van der Waals surface area contributed by atoms with Gasteiger partial charge in [0.25, 0.3) is 0 Å². The van der Waals surface area contributed by atoms with E-state index in [9.17, 15) is 4.79 Å². The van der Waals surface area contributed by atoms with Crippen LogP contribution in [0.15, 0.2) is 43.0 Å². The molecule has 1 rings (SSSR count).